The Balaban J connectivity index is 1.17. The zero-order valence-corrected chi connectivity index (χ0v) is 36.8. The Kier molecular flexibility index (Phi) is 18.7. The molecule has 2 fully saturated rings. The average molecular weight is 956 g/mol. The quantitative estimate of drug-likeness (QED) is 0.0408. The Morgan fingerprint density at radius 2 is 1.80 bits per heavy atom. The molecule has 0 aromatic carbocycles. The molecule has 30 heteroatoms. The van der Waals surface area contributed by atoms with E-state index in [0.29, 0.717) is 17.4 Å². The zero-order chi connectivity index (χ0) is 43.6. The van der Waals surface area contributed by atoms with E-state index in [-0.39, 0.29) is 41.6 Å². The Hall–Kier alpha value is -1.74. The molecule has 8 atom stereocenters. The van der Waals surface area contributed by atoms with E-state index in [9.17, 15) is 57.9 Å². The molecule has 2 saturated heterocycles. The molecule has 334 valence electrons. The van der Waals surface area contributed by atoms with Crippen molar-refractivity contribution in [1.82, 2.24) is 30.2 Å². The van der Waals surface area contributed by atoms with Gasteiger partial charge in [-0.15, -0.1) is 0 Å². The van der Waals surface area contributed by atoms with Gasteiger partial charge >= 0.3 is 23.5 Å². The molecule has 2 aromatic rings. The number of nitrogen functional groups attached to an aromatic ring is 1. The zero-order valence-electron chi connectivity index (χ0n) is 31.7. The van der Waals surface area contributed by atoms with Crippen LogP contribution in [-0.2, 0) is 50.7 Å². The van der Waals surface area contributed by atoms with Crippen LogP contribution in [0.5, 0.6) is 0 Å². The summed E-state index contributed by atoms with van der Waals surface area (Å²) in [7, 11) is -12.6. The minimum absolute atomic E-state index is 0.0329. The molecule has 2 aromatic heterocycles. The van der Waals surface area contributed by atoms with Gasteiger partial charge in [0.25, 0.3) is 0 Å². The van der Waals surface area contributed by atoms with Crippen LogP contribution in [-0.4, -0.2) is 134 Å². The molecule has 0 aliphatic carbocycles. The minimum atomic E-state index is -5.57. The van der Waals surface area contributed by atoms with Crippen LogP contribution in [0.1, 0.15) is 58.6 Å². The molecule has 4 heterocycles. The largest absolute Gasteiger partial charge is 0.481 e. The van der Waals surface area contributed by atoms with Crippen LogP contribution in [0.2, 0.25) is 0 Å². The Morgan fingerprint density at radius 1 is 1.07 bits per heavy atom. The summed E-state index contributed by atoms with van der Waals surface area (Å²) in [5.74, 6) is 0.148. The lowest BCUT2D eigenvalue weighted by atomic mass is 9.87. The molecule has 24 nitrogen and oxygen atoms in total. The first-order valence-electron chi connectivity index (χ1n) is 17.9. The maximum atomic E-state index is 12.7. The highest BCUT2D eigenvalue weighted by molar-refractivity contribution is 8.77. The molecule has 2 aliphatic heterocycles. The molecule has 0 radical (unpaired) electrons. The van der Waals surface area contributed by atoms with Crippen molar-refractivity contribution < 1.29 is 80.5 Å². The Bertz CT molecular complexity index is 1910. The Morgan fingerprint density at radius 3 is 2.49 bits per heavy atom. The number of unbranched alkanes of at least 4 members (excludes halogenated alkanes) is 1. The molecule has 10 N–H and O–H groups in total. The molecule has 59 heavy (non-hydrogen) atoms. The highest BCUT2D eigenvalue weighted by Gasteiger charge is 2.50. The van der Waals surface area contributed by atoms with Crippen LogP contribution < -0.4 is 16.4 Å². The van der Waals surface area contributed by atoms with Gasteiger partial charge in [0.2, 0.25) is 11.8 Å². The van der Waals surface area contributed by atoms with Gasteiger partial charge in [-0.05, 0) is 19.3 Å². The van der Waals surface area contributed by atoms with Crippen molar-refractivity contribution in [3.63, 3.8) is 0 Å². The van der Waals surface area contributed by atoms with Crippen molar-refractivity contribution >= 4 is 90.7 Å². The van der Waals surface area contributed by atoms with Gasteiger partial charge in [0.1, 0.15) is 36.3 Å². The van der Waals surface area contributed by atoms with Crippen LogP contribution >= 0.6 is 56.8 Å². The molecule has 7 unspecified atom stereocenters. The third kappa shape index (κ3) is 15.8. The number of rotatable bonds is 24. The number of hydrogen-bond acceptors (Lipinski definition) is 20. The lowest BCUT2D eigenvalue weighted by molar-refractivity contribution is -0.137. The summed E-state index contributed by atoms with van der Waals surface area (Å²) in [6.45, 7) is 0.568. The molecular formula is C29H48N7O17P3S3. The SMILES string of the molecule is CC(C)(COP(=O)(O)OP(=O)(O)OCC1OC(n2cnc3c(N)ncnc32)C(O)C1OP(=O)(O)O)C(O)C(=O)NCCC(=O)NCCSC(=O)CCCC[C@@H]1CCSS1. The normalized spacial score (nSPS) is 23.8. The van der Waals surface area contributed by atoms with E-state index in [1.165, 1.54) is 26.0 Å². The average Bonchev–Trinajstić information content (AvgIpc) is 3.89. The second-order valence-corrected chi connectivity index (χ2v) is 22.0. The maximum Gasteiger partial charge on any atom is 0.481 e. The van der Waals surface area contributed by atoms with Crippen LogP contribution in [0.3, 0.4) is 0 Å². The number of phosphoric ester groups is 3. The second kappa shape index (κ2) is 22.1. The molecule has 4 rings (SSSR count). The predicted octanol–water partition coefficient (Wildman–Crippen LogP) is 1.38. The van der Waals surface area contributed by atoms with Crippen LogP contribution in [0.15, 0.2) is 12.7 Å². The van der Waals surface area contributed by atoms with Crippen molar-refractivity contribution in [3.05, 3.63) is 12.7 Å². The van der Waals surface area contributed by atoms with Gasteiger partial charge in [0, 0.05) is 48.1 Å². The summed E-state index contributed by atoms with van der Waals surface area (Å²) >= 11 is 1.14. The van der Waals surface area contributed by atoms with E-state index in [0.717, 1.165) is 48.2 Å². The number of fused-ring (bicyclic) bond motifs is 1. The number of aliphatic hydroxyl groups excluding tert-OH is 2. The van der Waals surface area contributed by atoms with Crippen molar-refractivity contribution in [1.29, 1.82) is 0 Å². The van der Waals surface area contributed by atoms with Crippen LogP contribution in [0.25, 0.3) is 11.2 Å². The summed E-state index contributed by atoms with van der Waals surface area (Å²) in [6, 6.07) is 0. The number of nitrogens with one attached hydrogen (secondary N) is 2. The number of anilines is 1. The molecular weight excluding hydrogens is 907 g/mol. The minimum Gasteiger partial charge on any atom is -0.386 e. The number of thioether (sulfide) groups is 1. The monoisotopic (exact) mass is 955 g/mol. The van der Waals surface area contributed by atoms with E-state index in [1.54, 1.807) is 0 Å². The molecule has 2 amide bonds. The third-order valence-corrected chi connectivity index (χ3v) is 15.7. The maximum absolute atomic E-state index is 12.7. The topological polar surface area (TPSA) is 364 Å². The Labute approximate surface area is 350 Å². The van der Waals surface area contributed by atoms with Crippen LogP contribution in [0, 0.1) is 5.41 Å². The van der Waals surface area contributed by atoms with E-state index < -0.39 is 84.6 Å². The number of phosphoric acid groups is 3. The predicted molar refractivity (Wildman–Crippen MR) is 214 cm³/mol. The molecule has 0 bridgehead atoms. The number of carbonyl (C=O) groups is 3. The van der Waals surface area contributed by atoms with E-state index in [2.05, 4.69) is 34.4 Å². The van der Waals surface area contributed by atoms with Gasteiger partial charge in [0.15, 0.2) is 22.8 Å². The highest BCUT2D eigenvalue weighted by atomic mass is 33.1. The second-order valence-electron chi connectivity index (χ2n) is 13.9. The van der Waals surface area contributed by atoms with Crippen molar-refractivity contribution in [2.24, 2.45) is 5.41 Å². The standard InChI is InChI=1S/C29H48N7O17P3S3/c1-29(2,24(40)27(41)32-9-7-19(37)31-10-12-57-20(38)6-4-3-5-17-8-11-58-59-17)14-50-56(47,48)53-55(45,46)49-13-18-23(52-54(42,43)44)22(39)28(51-18)36-16-35-21-25(30)33-15-34-26(21)36/h15-18,22-24,28,39-40H,3-14H2,1-2H3,(H,31,37)(H,32,41)(H,45,46)(H,47,48)(H2,30,33,34)(H2,42,43,44)/t17-,18?,22?,23?,24?,28?/m1/s1. The van der Waals surface area contributed by atoms with E-state index >= 15 is 0 Å². The fourth-order valence-electron chi connectivity index (χ4n) is 5.57. The number of amides is 2. The van der Waals surface area contributed by atoms with Crippen molar-refractivity contribution in [2.75, 3.05) is 43.5 Å². The molecule has 0 spiro atoms. The first-order valence-corrected chi connectivity index (χ1v) is 25.8. The van der Waals surface area contributed by atoms with E-state index in [1.807, 2.05) is 21.6 Å². The molecule has 2 aliphatic rings. The summed E-state index contributed by atoms with van der Waals surface area (Å²) in [5, 5.41) is 27.2. The molecule has 0 saturated carbocycles. The number of nitrogens with two attached hydrogens (primary N) is 1. The van der Waals surface area contributed by atoms with Gasteiger partial charge in [-0.2, -0.15) is 4.31 Å². The number of imidazole rings is 1. The third-order valence-electron chi connectivity index (χ3n) is 8.65. The smallest absolute Gasteiger partial charge is 0.386 e. The van der Waals surface area contributed by atoms with Gasteiger partial charge in [-0.25, -0.2) is 28.6 Å². The number of aromatic nitrogens is 4. The van der Waals surface area contributed by atoms with Gasteiger partial charge in [-0.3, -0.25) is 32.5 Å². The fourth-order valence-corrected chi connectivity index (χ4v) is 12.2. The first-order chi connectivity index (χ1) is 27.6. The number of aliphatic hydroxyl groups is 2. The van der Waals surface area contributed by atoms with Crippen molar-refractivity contribution in [3.8, 4) is 0 Å². The summed E-state index contributed by atoms with van der Waals surface area (Å²) in [5.41, 5.74) is 4.28. The fraction of sp³-hybridized carbons (Fsp3) is 0.724. The van der Waals surface area contributed by atoms with Gasteiger partial charge in [0.05, 0.1) is 19.5 Å². The lowest BCUT2D eigenvalue weighted by Crippen LogP contribution is -2.46. The van der Waals surface area contributed by atoms with Crippen LogP contribution in [0.4, 0.5) is 5.82 Å². The summed E-state index contributed by atoms with van der Waals surface area (Å²) in [6.07, 6.45) is -2.24. The summed E-state index contributed by atoms with van der Waals surface area (Å²) in [4.78, 5) is 87.9. The summed E-state index contributed by atoms with van der Waals surface area (Å²) < 4.78 is 62.2. The van der Waals surface area contributed by atoms with Gasteiger partial charge in [-0.1, -0.05) is 53.6 Å². The number of carbonyl (C=O) groups excluding carboxylic acids is 3. The lowest BCUT2D eigenvalue weighted by Gasteiger charge is -2.30. The first kappa shape index (κ1) is 49.9. The number of ether oxygens (including phenoxy) is 1. The number of hydrogen-bond donors (Lipinski definition) is 9. The highest BCUT2D eigenvalue weighted by Crippen LogP contribution is 2.61. The van der Waals surface area contributed by atoms with Crippen molar-refractivity contribution in [2.45, 2.75) is 88.3 Å². The number of nitrogens with zero attached hydrogens (tertiary/aromatic N) is 4. The van der Waals surface area contributed by atoms with Gasteiger partial charge < -0.3 is 50.9 Å². The van der Waals surface area contributed by atoms with E-state index in [4.69, 9.17) is 19.5 Å².